The second kappa shape index (κ2) is 6.37. The van der Waals surface area contributed by atoms with Crippen LogP contribution < -0.4 is 14.9 Å². The van der Waals surface area contributed by atoms with E-state index in [-0.39, 0.29) is 12.7 Å². The van der Waals surface area contributed by atoms with Crippen LogP contribution in [0.15, 0.2) is 46.0 Å². The van der Waals surface area contributed by atoms with Crippen LogP contribution in [0.2, 0.25) is 5.02 Å². The Morgan fingerprint density at radius 1 is 1.27 bits per heavy atom. The van der Waals surface area contributed by atoms with E-state index in [1.165, 1.54) is 6.21 Å². The van der Waals surface area contributed by atoms with Crippen LogP contribution in [-0.4, -0.2) is 18.9 Å². The van der Waals surface area contributed by atoms with Gasteiger partial charge in [0.25, 0.3) is 5.91 Å². The lowest BCUT2D eigenvalue weighted by Crippen LogP contribution is -2.17. The van der Waals surface area contributed by atoms with Gasteiger partial charge in [-0.3, -0.25) is 4.79 Å². The number of ether oxygens (including phenoxy) is 2. The molecule has 1 heterocycles. The van der Waals surface area contributed by atoms with E-state index in [1.54, 1.807) is 36.4 Å². The summed E-state index contributed by atoms with van der Waals surface area (Å²) in [5, 5.41) is 4.44. The van der Waals surface area contributed by atoms with Crippen molar-refractivity contribution < 1.29 is 14.3 Å². The molecule has 2 aromatic rings. The van der Waals surface area contributed by atoms with Gasteiger partial charge in [-0.2, -0.15) is 5.10 Å². The molecule has 0 unspecified atom stereocenters. The quantitative estimate of drug-likeness (QED) is 0.653. The molecule has 7 heteroatoms. The van der Waals surface area contributed by atoms with Gasteiger partial charge in [0.05, 0.1) is 6.21 Å². The van der Waals surface area contributed by atoms with Crippen molar-refractivity contribution in [3.05, 3.63) is 57.0 Å². The molecule has 3 rings (SSSR count). The summed E-state index contributed by atoms with van der Waals surface area (Å²) < 4.78 is 11.4. The number of carbonyl (C=O) groups excluding carboxylic acids is 1. The summed E-state index contributed by atoms with van der Waals surface area (Å²) >= 11 is 9.26. The zero-order valence-corrected chi connectivity index (χ0v) is 13.5. The van der Waals surface area contributed by atoms with E-state index in [1.807, 2.05) is 0 Å². The highest BCUT2D eigenvalue weighted by Gasteiger charge is 2.15. The first-order valence-electron chi connectivity index (χ1n) is 6.31. The first-order chi connectivity index (χ1) is 10.6. The third-order valence-electron chi connectivity index (χ3n) is 2.95. The molecule has 0 saturated carbocycles. The Hall–Kier alpha value is -2.05. The highest BCUT2D eigenvalue weighted by Crippen LogP contribution is 2.36. The molecule has 0 aliphatic carbocycles. The van der Waals surface area contributed by atoms with E-state index in [2.05, 4.69) is 26.5 Å². The minimum absolute atomic E-state index is 0.202. The zero-order valence-electron chi connectivity index (χ0n) is 11.2. The normalized spacial score (nSPS) is 12.6. The van der Waals surface area contributed by atoms with E-state index >= 15 is 0 Å². The number of hydrogen-bond acceptors (Lipinski definition) is 4. The third kappa shape index (κ3) is 3.23. The monoisotopic (exact) mass is 380 g/mol. The van der Waals surface area contributed by atoms with Crippen LogP contribution in [0.25, 0.3) is 0 Å². The molecule has 112 valence electrons. The topological polar surface area (TPSA) is 59.9 Å². The largest absolute Gasteiger partial charge is 0.454 e. The molecule has 5 nitrogen and oxygen atoms in total. The lowest BCUT2D eigenvalue weighted by Gasteiger charge is -2.02. The van der Waals surface area contributed by atoms with Crippen LogP contribution in [0.5, 0.6) is 11.5 Å². The minimum atomic E-state index is -0.337. The molecular formula is C15H10BrClN2O3. The van der Waals surface area contributed by atoms with Gasteiger partial charge in [0, 0.05) is 20.6 Å². The van der Waals surface area contributed by atoms with E-state index in [9.17, 15) is 4.79 Å². The van der Waals surface area contributed by atoms with Crippen molar-refractivity contribution in [1.29, 1.82) is 0 Å². The first-order valence-corrected chi connectivity index (χ1v) is 7.49. The van der Waals surface area contributed by atoms with E-state index in [4.69, 9.17) is 21.1 Å². The molecule has 0 radical (unpaired) electrons. The fourth-order valence-electron chi connectivity index (χ4n) is 1.89. The molecular weight excluding hydrogens is 372 g/mol. The molecule has 0 atom stereocenters. The predicted octanol–water partition coefficient (Wildman–Crippen LogP) is 3.60. The average molecular weight is 382 g/mol. The van der Waals surface area contributed by atoms with E-state index < -0.39 is 0 Å². The van der Waals surface area contributed by atoms with Gasteiger partial charge in [-0.05, 0) is 46.3 Å². The van der Waals surface area contributed by atoms with Crippen molar-refractivity contribution in [1.82, 2.24) is 5.43 Å². The molecule has 22 heavy (non-hydrogen) atoms. The fraction of sp³-hybridized carbons (Fsp3) is 0.0667. The Morgan fingerprint density at radius 3 is 2.82 bits per heavy atom. The summed E-state index contributed by atoms with van der Waals surface area (Å²) in [4.78, 5) is 11.9. The highest BCUT2D eigenvalue weighted by atomic mass is 79.9. The van der Waals surface area contributed by atoms with Crippen LogP contribution in [0.3, 0.4) is 0 Å². The van der Waals surface area contributed by atoms with Crippen molar-refractivity contribution in [3.63, 3.8) is 0 Å². The number of amides is 1. The Morgan fingerprint density at radius 2 is 2.05 bits per heavy atom. The summed E-state index contributed by atoms with van der Waals surface area (Å²) in [7, 11) is 0. The predicted molar refractivity (Wildman–Crippen MR) is 86.8 cm³/mol. The zero-order chi connectivity index (χ0) is 15.5. The molecule has 0 saturated heterocycles. The molecule has 1 N–H and O–H groups in total. The van der Waals surface area contributed by atoms with Gasteiger partial charge in [0.2, 0.25) is 6.79 Å². The Labute approximate surface area is 140 Å². The molecule has 0 aromatic heterocycles. The SMILES string of the molecule is O=C(NN=Cc1cc2c(cc1Br)OCO2)c1cccc(Cl)c1. The van der Waals surface area contributed by atoms with Gasteiger partial charge in [-0.25, -0.2) is 5.43 Å². The van der Waals surface area contributed by atoms with Crippen molar-refractivity contribution in [2.24, 2.45) is 5.10 Å². The summed E-state index contributed by atoms with van der Waals surface area (Å²) in [5.74, 6) is 0.980. The highest BCUT2D eigenvalue weighted by molar-refractivity contribution is 9.10. The lowest BCUT2D eigenvalue weighted by molar-refractivity contribution is 0.0955. The number of hydrazone groups is 1. The summed E-state index contributed by atoms with van der Waals surface area (Å²) in [6.07, 6.45) is 1.52. The second-order valence-corrected chi connectivity index (χ2v) is 5.73. The van der Waals surface area contributed by atoms with Crippen LogP contribution >= 0.6 is 27.5 Å². The number of carbonyl (C=O) groups is 1. The molecule has 1 aliphatic rings. The summed E-state index contributed by atoms with van der Waals surface area (Å²) in [6.45, 7) is 0.202. The number of rotatable bonds is 3. The van der Waals surface area contributed by atoms with Gasteiger partial charge in [-0.15, -0.1) is 0 Å². The van der Waals surface area contributed by atoms with Gasteiger partial charge >= 0.3 is 0 Å². The summed E-state index contributed by atoms with van der Waals surface area (Å²) in [6, 6.07) is 10.2. The molecule has 0 spiro atoms. The van der Waals surface area contributed by atoms with Crippen LogP contribution in [0.4, 0.5) is 0 Å². The van der Waals surface area contributed by atoms with Crippen LogP contribution in [0, 0.1) is 0 Å². The van der Waals surface area contributed by atoms with E-state index in [0.29, 0.717) is 22.1 Å². The number of benzene rings is 2. The standard InChI is InChI=1S/C15H10BrClN2O3/c16-12-6-14-13(21-8-22-14)5-10(12)7-18-19-15(20)9-2-1-3-11(17)4-9/h1-7H,8H2,(H,19,20). The van der Waals surface area contributed by atoms with E-state index in [0.717, 1.165) is 10.0 Å². The molecule has 1 aliphatic heterocycles. The number of hydrogen-bond donors (Lipinski definition) is 1. The van der Waals surface area contributed by atoms with Gasteiger partial charge < -0.3 is 9.47 Å². The maximum absolute atomic E-state index is 11.9. The minimum Gasteiger partial charge on any atom is -0.454 e. The van der Waals surface area contributed by atoms with Crippen LogP contribution in [-0.2, 0) is 0 Å². The van der Waals surface area contributed by atoms with Crippen LogP contribution in [0.1, 0.15) is 15.9 Å². The second-order valence-electron chi connectivity index (χ2n) is 4.44. The van der Waals surface area contributed by atoms with Crippen molar-refractivity contribution in [2.75, 3.05) is 6.79 Å². The number of fused-ring (bicyclic) bond motifs is 1. The van der Waals surface area contributed by atoms with Crippen molar-refractivity contribution >= 4 is 39.7 Å². The molecule has 0 fully saturated rings. The molecule has 0 bridgehead atoms. The Kier molecular flexibility index (Phi) is 4.31. The first kappa shape index (κ1) is 14.9. The molecule has 1 amide bonds. The molecule has 2 aromatic carbocycles. The summed E-state index contributed by atoms with van der Waals surface area (Å²) in [5.41, 5.74) is 3.65. The number of halogens is 2. The third-order valence-corrected chi connectivity index (χ3v) is 3.87. The maximum Gasteiger partial charge on any atom is 0.271 e. The maximum atomic E-state index is 11.9. The Balaban J connectivity index is 1.71. The van der Waals surface area contributed by atoms with Gasteiger partial charge in [0.15, 0.2) is 11.5 Å². The van der Waals surface area contributed by atoms with Crippen molar-refractivity contribution in [3.8, 4) is 11.5 Å². The average Bonchev–Trinajstić information content (AvgIpc) is 2.94. The Bertz CT molecular complexity index is 764. The number of nitrogens with zero attached hydrogens (tertiary/aromatic N) is 1. The lowest BCUT2D eigenvalue weighted by atomic mass is 10.2. The van der Waals surface area contributed by atoms with Crippen molar-refractivity contribution in [2.45, 2.75) is 0 Å². The smallest absolute Gasteiger partial charge is 0.271 e. The van der Waals surface area contributed by atoms with Gasteiger partial charge in [-0.1, -0.05) is 17.7 Å². The fourth-order valence-corrected chi connectivity index (χ4v) is 2.50. The van der Waals surface area contributed by atoms with Gasteiger partial charge in [0.1, 0.15) is 0 Å². The number of nitrogens with one attached hydrogen (secondary N) is 1.